The molecule has 1 aromatic heterocycles. The molecule has 6 heteroatoms. The summed E-state index contributed by atoms with van der Waals surface area (Å²) in [7, 11) is 0. The number of aromatic nitrogens is 2. The number of hydrogen-bond donors (Lipinski definition) is 2. The average molecular weight is 274 g/mol. The monoisotopic (exact) mass is 273 g/mol. The molecule has 102 valence electrons. The van der Waals surface area contributed by atoms with Gasteiger partial charge < -0.3 is 10.4 Å². The van der Waals surface area contributed by atoms with Crippen molar-refractivity contribution < 1.29 is 5.11 Å². The molecule has 1 heterocycles. The molecule has 0 bridgehead atoms. The second-order valence-electron chi connectivity index (χ2n) is 4.54. The Morgan fingerprint density at radius 3 is 2.78 bits per heavy atom. The molecule has 0 radical (unpaired) electrons. The first-order valence-corrected chi connectivity index (χ1v) is 6.54. The lowest BCUT2D eigenvalue weighted by molar-refractivity contribution is 0.176. The summed E-state index contributed by atoms with van der Waals surface area (Å²) in [5.74, 6) is 0. The lowest BCUT2D eigenvalue weighted by atomic mass is 10.2. The molecular weight excluding hydrogens is 254 g/mol. The summed E-state index contributed by atoms with van der Waals surface area (Å²) < 4.78 is 1.33. The fourth-order valence-corrected chi connectivity index (χ4v) is 1.80. The molecule has 0 fully saturated rings. The number of nitrogens with one attached hydrogen (secondary N) is 1. The maximum atomic E-state index is 11.9. The number of aliphatic hydroxyl groups excluding tert-OH is 1. The van der Waals surface area contributed by atoms with Crippen molar-refractivity contribution in [2.75, 3.05) is 11.9 Å². The minimum Gasteiger partial charge on any atom is -0.391 e. The number of hydrogen-bond acceptors (Lipinski definition) is 4. The molecule has 0 aromatic carbocycles. The fraction of sp³-hybridized carbons (Fsp3) is 0.667. The molecule has 2 N–H and O–H groups in total. The van der Waals surface area contributed by atoms with Gasteiger partial charge in [0.1, 0.15) is 5.02 Å². The Morgan fingerprint density at radius 2 is 2.22 bits per heavy atom. The maximum absolute atomic E-state index is 11.9. The van der Waals surface area contributed by atoms with Crippen LogP contribution in [0.4, 0.5) is 5.69 Å². The van der Waals surface area contributed by atoms with Crippen LogP contribution in [0.25, 0.3) is 0 Å². The van der Waals surface area contributed by atoms with Gasteiger partial charge in [-0.25, -0.2) is 4.68 Å². The van der Waals surface area contributed by atoms with Gasteiger partial charge in [0, 0.05) is 6.54 Å². The van der Waals surface area contributed by atoms with Crippen LogP contribution in [-0.2, 0) is 0 Å². The van der Waals surface area contributed by atoms with E-state index in [1.54, 1.807) is 0 Å². The SMILES string of the molecule is CCCC(O)CNc1cnn(C(C)C)c(=O)c1Cl. The van der Waals surface area contributed by atoms with Crippen LogP contribution in [0.5, 0.6) is 0 Å². The largest absolute Gasteiger partial charge is 0.391 e. The fourth-order valence-electron chi connectivity index (χ4n) is 1.60. The summed E-state index contributed by atoms with van der Waals surface area (Å²) in [4.78, 5) is 11.9. The highest BCUT2D eigenvalue weighted by Gasteiger charge is 2.12. The smallest absolute Gasteiger partial charge is 0.287 e. The highest BCUT2D eigenvalue weighted by atomic mass is 35.5. The van der Waals surface area contributed by atoms with Gasteiger partial charge in [-0.3, -0.25) is 4.79 Å². The first kappa shape index (κ1) is 15.0. The van der Waals surface area contributed by atoms with Crippen LogP contribution in [0.2, 0.25) is 5.02 Å². The Bertz CT molecular complexity index is 445. The van der Waals surface area contributed by atoms with Crippen LogP contribution in [0.1, 0.15) is 39.7 Å². The molecule has 1 atom stereocenters. The van der Waals surface area contributed by atoms with Gasteiger partial charge in [0.2, 0.25) is 0 Å². The molecule has 0 aliphatic rings. The van der Waals surface area contributed by atoms with Crippen molar-refractivity contribution >= 4 is 17.3 Å². The normalized spacial score (nSPS) is 12.8. The van der Waals surface area contributed by atoms with Crippen molar-refractivity contribution in [2.45, 2.75) is 45.8 Å². The van der Waals surface area contributed by atoms with E-state index in [0.717, 1.165) is 6.42 Å². The molecule has 1 unspecified atom stereocenters. The highest BCUT2D eigenvalue weighted by Crippen LogP contribution is 2.16. The van der Waals surface area contributed by atoms with Gasteiger partial charge in [0.05, 0.1) is 24.0 Å². The first-order chi connectivity index (χ1) is 8.47. The van der Waals surface area contributed by atoms with E-state index in [2.05, 4.69) is 10.4 Å². The number of anilines is 1. The Hall–Kier alpha value is -1.07. The predicted octanol–water partition coefficient (Wildman–Crippen LogP) is 2.05. The summed E-state index contributed by atoms with van der Waals surface area (Å²) in [6.07, 6.45) is 2.69. The molecule has 1 rings (SSSR count). The van der Waals surface area contributed by atoms with E-state index in [-0.39, 0.29) is 16.6 Å². The van der Waals surface area contributed by atoms with Crippen molar-refractivity contribution in [3.63, 3.8) is 0 Å². The maximum Gasteiger partial charge on any atom is 0.287 e. The molecule has 0 amide bonds. The van der Waals surface area contributed by atoms with Crippen molar-refractivity contribution in [2.24, 2.45) is 0 Å². The number of aliphatic hydroxyl groups is 1. The molecule has 0 spiro atoms. The van der Waals surface area contributed by atoms with Crippen LogP contribution in [0.3, 0.4) is 0 Å². The third-order valence-electron chi connectivity index (χ3n) is 2.58. The van der Waals surface area contributed by atoms with Gasteiger partial charge >= 0.3 is 0 Å². The summed E-state index contributed by atoms with van der Waals surface area (Å²) in [5, 5.41) is 16.7. The predicted molar refractivity (Wildman–Crippen MR) is 73.3 cm³/mol. The second kappa shape index (κ2) is 6.75. The average Bonchev–Trinajstić information content (AvgIpc) is 2.31. The van der Waals surface area contributed by atoms with Gasteiger partial charge in [0.25, 0.3) is 5.56 Å². The molecule has 0 saturated heterocycles. The molecule has 18 heavy (non-hydrogen) atoms. The Balaban J connectivity index is 2.80. The van der Waals surface area contributed by atoms with Crippen LogP contribution < -0.4 is 10.9 Å². The summed E-state index contributed by atoms with van der Waals surface area (Å²) in [5.41, 5.74) is 0.148. The van der Waals surface area contributed by atoms with Gasteiger partial charge in [0.15, 0.2) is 0 Å². The Labute approximate surface area is 112 Å². The van der Waals surface area contributed by atoms with Crippen LogP contribution in [-0.4, -0.2) is 27.5 Å². The van der Waals surface area contributed by atoms with E-state index in [1.807, 2.05) is 20.8 Å². The van der Waals surface area contributed by atoms with E-state index in [0.29, 0.717) is 18.7 Å². The lowest BCUT2D eigenvalue weighted by Crippen LogP contribution is -2.27. The molecular formula is C12H20ClN3O2. The van der Waals surface area contributed by atoms with Crippen LogP contribution in [0.15, 0.2) is 11.0 Å². The highest BCUT2D eigenvalue weighted by molar-refractivity contribution is 6.32. The van der Waals surface area contributed by atoms with Crippen LogP contribution >= 0.6 is 11.6 Å². The third-order valence-corrected chi connectivity index (χ3v) is 2.95. The third kappa shape index (κ3) is 3.71. The van der Waals surface area contributed by atoms with Gasteiger partial charge in [-0.2, -0.15) is 5.10 Å². The first-order valence-electron chi connectivity index (χ1n) is 6.16. The molecule has 1 aromatic rings. The lowest BCUT2D eigenvalue weighted by Gasteiger charge is -2.14. The van der Waals surface area contributed by atoms with Gasteiger partial charge in [-0.05, 0) is 20.3 Å². The van der Waals surface area contributed by atoms with Crippen molar-refractivity contribution in [1.29, 1.82) is 0 Å². The summed E-state index contributed by atoms with van der Waals surface area (Å²) in [6.45, 7) is 6.09. The van der Waals surface area contributed by atoms with E-state index >= 15 is 0 Å². The minimum atomic E-state index is -0.446. The second-order valence-corrected chi connectivity index (χ2v) is 4.92. The zero-order valence-corrected chi connectivity index (χ0v) is 11.7. The summed E-state index contributed by atoms with van der Waals surface area (Å²) >= 11 is 5.99. The van der Waals surface area contributed by atoms with E-state index in [4.69, 9.17) is 11.6 Å². The van der Waals surface area contributed by atoms with E-state index in [9.17, 15) is 9.90 Å². The van der Waals surface area contributed by atoms with Gasteiger partial charge in [-0.1, -0.05) is 24.9 Å². The zero-order valence-electron chi connectivity index (χ0n) is 11.0. The molecule has 0 saturated carbocycles. The Morgan fingerprint density at radius 1 is 1.56 bits per heavy atom. The number of halogens is 1. The van der Waals surface area contributed by atoms with Gasteiger partial charge in [-0.15, -0.1) is 0 Å². The summed E-state index contributed by atoms with van der Waals surface area (Å²) in [6, 6.07) is -0.0327. The number of rotatable bonds is 6. The van der Waals surface area contributed by atoms with Crippen LogP contribution in [0, 0.1) is 0 Å². The van der Waals surface area contributed by atoms with Crippen molar-refractivity contribution in [3.8, 4) is 0 Å². The quantitative estimate of drug-likeness (QED) is 0.832. The molecule has 0 aliphatic heterocycles. The zero-order chi connectivity index (χ0) is 13.7. The molecule has 0 aliphatic carbocycles. The van der Waals surface area contributed by atoms with E-state index < -0.39 is 6.10 Å². The number of nitrogens with zero attached hydrogens (tertiary/aromatic N) is 2. The van der Waals surface area contributed by atoms with Crippen molar-refractivity contribution in [3.05, 3.63) is 21.6 Å². The van der Waals surface area contributed by atoms with Crippen molar-refractivity contribution in [1.82, 2.24) is 9.78 Å². The Kier molecular flexibility index (Phi) is 5.62. The van der Waals surface area contributed by atoms with E-state index in [1.165, 1.54) is 10.9 Å². The molecule has 5 nitrogen and oxygen atoms in total. The minimum absolute atomic E-state index is 0.0327. The topological polar surface area (TPSA) is 67.2 Å². The standard InChI is InChI=1S/C12H20ClN3O2/c1-4-5-9(17)6-14-10-7-15-16(8(2)3)12(18)11(10)13/h7-9,14,17H,4-6H2,1-3H3.